The van der Waals surface area contributed by atoms with Gasteiger partial charge in [0.2, 0.25) is 0 Å². The van der Waals surface area contributed by atoms with Crippen molar-refractivity contribution in [3.05, 3.63) is 85.4 Å². The summed E-state index contributed by atoms with van der Waals surface area (Å²) in [5, 5.41) is 9.12. The van der Waals surface area contributed by atoms with E-state index in [2.05, 4.69) is 15.3 Å². The monoisotopic (exact) mass is 496 g/mol. The van der Waals surface area contributed by atoms with Gasteiger partial charge in [-0.3, -0.25) is 9.59 Å². The summed E-state index contributed by atoms with van der Waals surface area (Å²) in [6.07, 6.45) is 1.63. The third kappa shape index (κ3) is 4.31. The first-order chi connectivity index (χ1) is 16.4. The third-order valence-electron chi connectivity index (χ3n) is 6.12. The van der Waals surface area contributed by atoms with Crippen LogP contribution in [0.1, 0.15) is 46.1 Å². The van der Waals surface area contributed by atoms with E-state index >= 15 is 0 Å². The minimum Gasteiger partial charge on any atom is -0.338 e. The van der Waals surface area contributed by atoms with Gasteiger partial charge in [-0.1, -0.05) is 52.2 Å². The Balaban J connectivity index is 1.45. The topological polar surface area (TPSA) is 96.8 Å². The molecule has 1 saturated heterocycles. The summed E-state index contributed by atoms with van der Waals surface area (Å²) in [6, 6.07) is 12.8. The van der Waals surface area contributed by atoms with Crippen molar-refractivity contribution in [2.45, 2.75) is 32.2 Å². The molecule has 3 heterocycles. The minimum atomic E-state index is -0.362. The zero-order valence-electron chi connectivity index (χ0n) is 18.5. The molecule has 2 aromatic heterocycles. The molecule has 0 spiro atoms. The van der Waals surface area contributed by atoms with Crippen molar-refractivity contribution in [1.82, 2.24) is 29.9 Å². The zero-order chi connectivity index (χ0) is 23.8. The molecular weight excluding hydrogens is 475 g/mol. The summed E-state index contributed by atoms with van der Waals surface area (Å²) < 4.78 is 1.53. The van der Waals surface area contributed by atoms with E-state index in [0.717, 1.165) is 18.4 Å². The molecule has 4 aromatic rings. The van der Waals surface area contributed by atoms with E-state index in [1.807, 2.05) is 36.1 Å². The number of benzene rings is 2. The van der Waals surface area contributed by atoms with Crippen LogP contribution in [-0.2, 0) is 6.54 Å². The van der Waals surface area contributed by atoms with Gasteiger partial charge in [0.25, 0.3) is 11.5 Å². The number of carbonyl (C=O) groups is 1. The van der Waals surface area contributed by atoms with Crippen LogP contribution in [0.15, 0.2) is 47.3 Å². The van der Waals surface area contributed by atoms with E-state index in [1.54, 1.807) is 18.2 Å². The molecule has 1 fully saturated rings. The molecule has 0 radical (unpaired) electrons. The first-order valence-corrected chi connectivity index (χ1v) is 11.8. The summed E-state index contributed by atoms with van der Waals surface area (Å²) in [7, 11) is 0. The van der Waals surface area contributed by atoms with Crippen molar-refractivity contribution in [3.63, 3.8) is 0 Å². The second-order valence-electron chi connectivity index (χ2n) is 8.53. The number of hydrogen-bond acceptors (Lipinski definition) is 5. The Labute approximate surface area is 205 Å². The van der Waals surface area contributed by atoms with Crippen LogP contribution in [0.4, 0.5) is 0 Å². The second-order valence-corrected chi connectivity index (χ2v) is 9.34. The van der Waals surface area contributed by atoms with Crippen molar-refractivity contribution < 1.29 is 4.79 Å². The molecule has 1 aliphatic heterocycles. The maximum absolute atomic E-state index is 13.1. The van der Waals surface area contributed by atoms with Crippen molar-refractivity contribution in [2.24, 2.45) is 0 Å². The highest BCUT2D eigenvalue weighted by Crippen LogP contribution is 2.27. The molecule has 0 bridgehead atoms. The first kappa shape index (κ1) is 22.6. The molecular formula is C24H22Cl2N6O2. The number of aromatic nitrogens is 5. The van der Waals surface area contributed by atoms with Crippen molar-refractivity contribution in [1.29, 1.82) is 0 Å². The summed E-state index contributed by atoms with van der Waals surface area (Å²) >= 11 is 12.6. The first-order valence-electron chi connectivity index (χ1n) is 11.0. The SMILES string of the molecule is Cc1cccc(C(=O)N2CCC[C@@H](c3nc4c(nnn4Cc4c(Cl)cccc4Cl)c(=O)[nH]3)C2)c1. The minimum absolute atomic E-state index is 0.0168. The number of rotatable bonds is 4. The Hall–Kier alpha value is -3.23. The normalized spacial score (nSPS) is 16.2. The molecule has 1 amide bonds. The molecule has 0 unspecified atom stereocenters. The van der Waals surface area contributed by atoms with Crippen molar-refractivity contribution in [3.8, 4) is 0 Å². The molecule has 1 aliphatic rings. The Kier molecular flexibility index (Phi) is 6.10. The molecule has 10 heteroatoms. The fraction of sp³-hybridized carbons (Fsp3) is 0.292. The van der Waals surface area contributed by atoms with Gasteiger partial charge in [0.05, 0.1) is 6.54 Å². The van der Waals surface area contributed by atoms with Gasteiger partial charge in [-0.05, 0) is 44.0 Å². The molecule has 0 aliphatic carbocycles. The lowest BCUT2D eigenvalue weighted by molar-refractivity contribution is 0.0704. The molecule has 174 valence electrons. The van der Waals surface area contributed by atoms with Gasteiger partial charge in [-0.25, -0.2) is 9.67 Å². The molecule has 2 aromatic carbocycles. The Morgan fingerprint density at radius 3 is 2.71 bits per heavy atom. The summed E-state index contributed by atoms with van der Waals surface area (Å²) in [5.41, 5.74) is 2.52. The van der Waals surface area contributed by atoms with E-state index < -0.39 is 0 Å². The fourth-order valence-corrected chi connectivity index (χ4v) is 4.88. The number of aromatic amines is 1. The lowest BCUT2D eigenvalue weighted by Crippen LogP contribution is -2.40. The lowest BCUT2D eigenvalue weighted by atomic mass is 9.96. The quantitative estimate of drug-likeness (QED) is 0.456. The number of fused-ring (bicyclic) bond motifs is 1. The average molecular weight is 497 g/mol. The summed E-state index contributed by atoms with van der Waals surface area (Å²) in [5.74, 6) is 0.400. The van der Waals surface area contributed by atoms with Crippen LogP contribution in [0.3, 0.4) is 0 Å². The van der Waals surface area contributed by atoms with Crippen molar-refractivity contribution in [2.75, 3.05) is 13.1 Å². The van der Waals surface area contributed by atoms with Gasteiger partial charge in [-0.2, -0.15) is 0 Å². The van der Waals surface area contributed by atoms with Gasteiger partial charge in [0, 0.05) is 40.2 Å². The fourth-order valence-electron chi connectivity index (χ4n) is 4.36. The highest BCUT2D eigenvalue weighted by molar-refractivity contribution is 6.36. The highest BCUT2D eigenvalue weighted by atomic mass is 35.5. The van der Waals surface area contributed by atoms with Gasteiger partial charge in [0.1, 0.15) is 5.82 Å². The van der Waals surface area contributed by atoms with Crippen LogP contribution < -0.4 is 5.56 Å². The van der Waals surface area contributed by atoms with Gasteiger partial charge >= 0.3 is 0 Å². The van der Waals surface area contributed by atoms with Crippen LogP contribution in [0.2, 0.25) is 10.0 Å². The molecule has 34 heavy (non-hydrogen) atoms. The second kappa shape index (κ2) is 9.19. The van der Waals surface area contributed by atoms with Gasteiger partial charge < -0.3 is 9.88 Å². The number of hydrogen-bond donors (Lipinski definition) is 1. The highest BCUT2D eigenvalue weighted by Gasteiger charge is 2.28. The third-order valence-corrected chi connectivity index (χ3v) is 6.83. The summed E-state index contributed by atoms with van der Waals surface area (Å²) in [4.78, 5) is 35.2. The number of piperidine rings is 1. The van der Waals surface area contributed by atoms with E-state index in [0.29, 0.717) is 45.7 Å². The Bertz CT molecular complexity index is 1430. The predicted molar refractivity (Wildman–Crippen MR) is 131 cm³/mol. The van der Waals surface area contributed by atoms with Crippen LogP contribution in [0.25, 0.3) is 11.2 Å². The standard InChI is InChI=1S/C24H22Cl2N6O2/c1-14-5-2-6-15(11-14)24(34)31-10-4-7-16(12-31)21-27-22-20(23(33)28-21)29-30-32(22)13-17-18(25)8-3-9-19(17)26/h2-3,5-6,8-9,11,16H,4,7,10,12-13H2,1H3,(H,27,28,33)/t16-/m1/s1. The van der Waals surface area contributed by atoms with E-state index in [-0.39, 0.29) is 29.4 Å². The molecule has 1 atom stereocenters. The van der Waals surface area contributed by atoms with Crippen LogP contribution in [0, 0.1) is 6.92 Å². The average Bonchev–Trinajstić information content (AvgIpc) is 3.24. The number of H-pyrrole nitrogens is 1. The van der Waals surface area contributed by atoms with E-state index in [1.165, 1.54) is 4.68 Å². The van der Waals surface area contributed by atoms with Crippen LogP contribution in [-0.4, -0.2) is 48.9 Å². The largest absolute Gasteiger partial charge is 0.338 e. The zero-order valence-corrected chi connectivity index (χ0v) is 20.0. The van der Waals surface area contributed by atoms with E-state index in [9.17, 15) is 9.59 Å². The lowest BCUT2D eigenvalue weighted by Gasteiger charge is -2.32. The summed E-state index contributed by atoms with van der Waals surface area (Å²) in [6.45, 7) is 3.33. The number of likely N-dealkylation sites (tertiary alicyclic amines) is 1. The van der Waals surface area contributed by atoms with E-state index in [4.69, 9.17) is 28.2 Å². The predicted octanol–water partition coefficient (Wildman–Crippen LogP) is 4.20. The number of halogens is 2. The van der Waals surface area contributed by atoms with Crippen molar-refractivity contribution >= 4 is 40.3 Å². The molecule has 5 rings (SSSR count). The smallest absolute Gasteiger partial charge is 0.281 e. The van der Waals surface area contributed by atoms with Crippen LogP contribution >= 0.6 is 23.2 Å². The van der Waals surface area contributed by atoms with Gasteiger partial charge in [-0.15, -0.1) is 5.10 Å². The number of nitrogens with zero attached hydrogens (tertiary/aromatic N) is 5. The Morgan fingerprint density at radius 2 is 1.94 bits per heavy atom. The number of nitrogens with one attached hydrogen (secondary N) is 1. The maximum atomic E-state index is 13.1. The van der Waals surface area contributed by atoms with Gasteiger partial charge in [0.15, 0.2) is 11.2 Å². The van der Waals surface area contributed by atoms with Crippen LogP contribution in [0.5, 0.6) is 0 Å². The molecule has 0 saturated carbocycles. The number of amides is 1. The molecule has 8 nitrogen and oxygen atoms in total. The Morgan fingerprint density at radius 1 is 1.18 bits per heavy atom. The maximum Gasteiger partial charge on any atom is 0.281 e. The molecule has 1 N–H and O–H groups in total. The number of aryl methyl sites for hydroxylation is 1. The number of carbonyl (C=O) groups excluding carboxylic acids is 1.